The van der Waals surface area contributed by atoms with Gasteiger partial charge in [-0.15, -0.1) is 0 Å². The summed E-state index contributed by atoms with van der Waals surface area (Å²) in [7, 11) is 0. The molecule has 2 aliphatic rings. The van der Waals surface area contributed by atoms with Crippen LogP contribution in [0.1, 0.15) is 66.6 Å². The summed E-state index contributed by atoms with van der Waals surface area (Å²) in [4.78, 5) is 42.8. The van der Waals surface area contributed by atoms with E-state index in [2.05, 4.69) is 19.9 Å². The molecule has 1 fully saturated rings. The molecule has 1 aromatic carbocycles. The van der Waals surface area contributed by atoms with Gasteiger partial charge in [-0.2, -0.15) is 0 Å². The Morgan fingerprint density at radius 1 is 1.00 bits per heavy atom. The van der Waals surface area contributed by atoms with Crippen molar-refractivity contribution in [1.82, 2.24) is 29.4 Å². The van der Waals surface area contributed by atoms with E-state index in [4.69, 9.17) is 5.73 Å². The van der Waals surface area contributed by atoms with Crippen LogP contribution in [0.4, 0.5) is 13.6 Å². The fourth-order valence-electron chi connectivity index (χ4n) is 6.45. The zero-order valence-corrected chi connectivity index (χ0v) is 20.9. The van der Waals surface area contributed by atoms with Crippen molar-refractivity contribution in [3.8, 4) is 0 Å². The average molecular weight is 536 g/mol. The van der Waals surface area contributed by atoms with Gasteiger partial charge in [-0.25, -0.2) is 23.4 Å². The topological polar surface area (TPSA) is 143 Å². The summed E-state index contributed by atoms with van der Waals surface area (Å²) in [5, 5.41) is 10.1. The third-order valence-electron chi connectivity index (χ3n) is 8.21. The number of amides is 1. The van der Waals surface area contributed by atoms with E-state index in [-0.39, 0.29) is 23.8 Å². The fraction of sp³-hybridized carbons (Fsp3) is 0.370. The minimum Gasteiger partial charge on any atom is -0.465 e. The third kappa shape index (κ3) is 4.24. The number of rotatable bonds is 3. The number of pyridine rings is 1. The van der Waals surface area contributed by atoms with Gasteiger partial charge in [0, 0.05) is 49.1 Å². The number of aromatic nitrogens is 5. The van der Waals surface area contributed by atoms with Crippen LogP contribution in [0.5, 0.6) is 0 Å². The highest BCUT2D eigenvalue weighted by Crippen LogP contribution is 2.46. The highest BCUT2D eigenvalue weighted by atomic mass is 19.2. The number of hydrogen-bond acceptors (Lipinski definition) is 6. The molecule has 0 bridgehead atoms. The number of carboxylic acid groups (broad SMARTS) is 1. The molecule has 2 unspecified atom stereocenters. The summed E-state index contributed by atoms with van der Waals surface area (Å²) in [6, 6.07) is 5.99. The zero-order chi connectivity index (χ0) is 27.3. The number of nitrogens with zero attached hydrogens (tertiary/aromatic N) is 5. The number of piperidine rings is 1. The molecular formula is C27H27F2N7O3. The van der Waals surface area contributed by atoms with Crippen molar-refractivity contribution < 1.29 is 18.7 Å². The normalized spacial score (nSPS) is 25.3. The number of hydrogen-bond donors (Lipinski definition) is 3. The molecule has 4 N–H and O–H groups in total. The summed E-state index contributed by atoms with van der Waals surface area (Å²) >= 11 is 0. The van der Waals surface area contributed by atoms with Crippen LogP contribution in [0, 0.1) is 11.6 Å². The molecule has 4 heterocycles. The van der Waals surface area contributed by atoms with Crippen molar-refractivity contribution >= 4 is 17.3 Å². The van der Waals surface area contributed by atoms with Crippen LogP contribution in [-0.2, 0) is 0 Å². The molecule has 0 radical (unpaired) electrons. The fourth-order valence-corrected chi connectivity index (χ4v) is 6.45. The van der Waals surface area contributed by atoms with Gasteiger partial charge in [0.25, 0.3) is 0 Å². The number of benzene rings is 1. The molecule has 1 amide bonds. The first-order valence-corrected chi connectivity index (χ1v) is 12.9. The maximum atomic E-state index is 14.9. The Hall–Kier alpha value is -4.19. The second kappa shape index (κ2) is 9.84. The zero-order valence-electron chi connectivity index (χ0n) is 20.9. The highest BCUT2D eigenvalue weighted by Gasteiger charge is 2.43. The lowest BCUT2D eigenvalue weighted by Gasteiger charge is -2.42. The van der Waals surface area contributed by atoms with Gasteiger partial charge in [0.2, 0.25) is 0 Å². The molecule has 39 heavy (non-hydrogen) atoms. The number of imidazole rings is 1. The lowest BCUT2D eigenvalue weighted by molar-refractivity contribution is 0.0778. The molecule has 202 valence electrons. The molecule has 0 spiro atoms. The molecule has 6 rings (SSSR count). The second-order valence-corrected chi connectivity index (χ2v) is 10.2. The number of nitrogens with two attached hydrogens (primary N) is 1. The Morgan fingerprint density at radius 3 is 2.56 bits per heavy atom. The number of H-pyrrole nitrogens is 1. The average Bonchev–Trinajstić information content (AvgIpc) is 3.20. The van der Waals surface area contributed by atoms with Gasteiger partial charge >= 0.3 is 11.8 Å². The first-order valence-electron chi connectivity index (χ1n) is 12.9. The third-order valence-corrected chi connectivity index (χ3v) is 8.21. The lowest BCUT2D eigenvalue weighted by atomic mass is 9.82. The number of halogens is 2. The highest BCUT2D eigenvalue weighted by molar-refractivity contribution is 5.70. The SMILES string of the molecule is N[C@@H]1c2nccnc2[C@@H](C2CC(n3c(=O)[nH]c4ncccc43)CCN2C(=O)O)CC[C@H]1c1cccc(F)c1F. The second-order valence-electron chi connectivity index (χ2n) is 10.2. The van der Waals surface area contributed by atoms with Crippen LogP contribution >= 0.6 is 0 Å². The van der Waals surface area contributed by atoms with Crippen molar-refractivity contribution in [2.75, 3.05) is 6.54 Å². The quantitative estimate of drug-likeness (QED) is 0.338. The van der Waals surface area contributed by atoms with E-state index in [0.717, 1.165) is 6.07 Å². The minimum absolute atomic E-state index is 0.161. The number of nitrogens with one attached hydrogen (secondary N) is 1. The maximum Gasteiger partial charge on any atom is 0.407 e. The smallest absolute Gasteiger partial charge is 0.407 e. The predicted molar refractivity (Wildman–Crippen MR) is 137 cm³/mol. The van der Waals surface area contributed by atoms with Gasteiger partial charge in [-0.1, -0.05) is 12.1 Å². The summed E-state index contributed by atoms with van der Waals surface area (Å²) in [6.07, 6.45) is 5.14. The van der Waals surface area contributed by atoms with Gasteiger partial charge in [-0.3, -0.25) is 19.5 Å². The van der Waals surface area contributed by atoms with E-state index in [1.54, 1.807) is 16.8 Å². The number of likely N-dealkylation sites (tertiary alicyclic amines) is 1. The molecule has 5 atom stereocenters. The van der Waals surface area contributed by atoms with E-state index in [1.165, 1.54) is 29.4 Å². The lowest BCUT2D eigenvalue weighted by Crippen LogP contribution is -2.49. The van der Waals surface area contributed by atoms with Crippen LogP contribution < -0.4 is 11.4 Å². The maximum absolute atomic E-state index is 14.9. The Balaban J connectivity index is 1.41. The van der Waals surface area contributed by atoms with Crippen LogP contribution in [0.15, 0.2) is 53.7 Å². The Bertz CT molecular complexity index is 1610. The Morgan fingerprint density at radius 2 is 1.77 bits per heavy atom. The van der Waals surface area contributed by atoms with Gasteiger partial charge in [-0.05, 0) is 49.4 Å². The number of fused-ring (bicyclic) bond motifs is 2. The van der Waals surface area contributed by atoms with E-state index in [9.17, 15) is 23.5 Å². The molecule has 10 nitrogen and oxygen atoms in total. The molecule has 1 saturated heterocycles. The van der Waals surface area contributed by atoms with Crippen LogP contribution in [-0.4, -0.2) is 53.2 Å². The van der Waals surface area contributed by atoms with Gasteiger partial charge in [0.15, 0.2) is 17.3 Å². The largest absolute Gasteiger partial charge is 0.465 e. The van der Waals surface area contributed by atoms with Crippen molar-refractivity contribution in [3.63, 3.8) is 0 Å². The van der Waals surface area contributed by atoms with Crippen LogP contribution in [0.2, 0.25) is 0 Å². The van der Waals surface area contributed by atoms with Crippen molar-refractivity contribution in [1.29, 1.82) is 0 Å². The van der Waals surface area contributed by atoms with Gasteiger partial charge in [0.05, 0.1) is 22.9 Å². The molecule has 4 aromatic rings. The summed E-state index contributed by atoms with van der Waals surface area (Å²) in [5.74, 6) is -2.90. The van der Waals surface area contributed by atoms with Crippen LogP contribution in [0.3, 0.4) is 0 Å². The molecule has 1 aliphatic heterocycles. The Labute approximate surface area is 221 Å². The standard InChI is InChI=1S/C27H27F2N7O3/c28-18-4-1-3-15(21(18)29)16-6-7-17(23-24(22(16)30)32-11-10-31-23)20-13-14(8-12-35(20)27(38)39)36-19-5-2-9-33-25(19)34-26(36)37/h1-5,9-11,14,16-17,20,22H,6-8,12-13,30H2,(H,38,39)(H,33,34,37)/t14?,16-,17+,20?,22-/m0/s1. The Kier molecular flexibility index (Phi) is 6.34. The van der Waals surface area contributed by atoms with Gasteiger partial charge < -0.3 is 15.7 Å². The van der Waals surface area contributed by atoms with Crippen molar-refractivity contribution in [2.24, 2.45) is 5.73 Å². The van der Waals surface area contributed by atoms with Crippen molar-refractivity contribution in [3.05, 3.63) is 88.0 Å². The summed E-state index contributed by atoms with van der Waals surface area (Å²) in [6.45, 7) is 0.212. The number of aromatic amines is 1. The molecule has 0 saturated carbocycles. The first-order chi connectivity index (χ1) is 18.8. The van der Waals surface area contributed by atoms with E-state index in [1.807, 2.05) is 6.07 Å². The summed E-state index contributed by atoms with van der Waals surface area (Å²) < 4.78 is 30.7. The molecule has 1 aliphatic carbocycles. The predicted octanol–water partition coefficient (Wildman–Crippen LogP) is 3.84. The monoisotopic (exact) mass is 535 g/mol. The number of carbonyl (C=O) groups is 1. The van der Waals surface area contributed by atoms with E-state index in [0.29, 0.717) is 48.2 Å². The first kappa shape index (κ1) is 25.1. The minimum atomic E-state index is -1.07. The van der Waals surface area contributed by atoms with Gasteiger partial charge in [0.1, 0.15) is 0 Å². The van der Waals surface area contributed by atoms with Crippen molar-refractivity contribution in [2.45, 2.75) is 55.6 Å². The van der Waals surface area contributed by atoms with E-state index < -0.39 is 41.6 Å². The van der Waals surface area contributed by atoms with Crippen LogP contribution in [0.25, 0.3) is 11.2 Å². The molecule has 3 aromatic heterocycles. The molecule has 12 heteroatoms. The van der Waals surface area contributed by atoms with E-state index >= 15 is 0 Å². The summed E-state index contributed by atoms with van der Waals surface area (Å²) in [5.41, 5.74) is 8.60. The molecular weight excluding hydrogens is 508 g/mol.